The van der Waals surface area contributed by atoms with Gasteiger partial charge in [0.25, 0.3) is 5.91 Å². The highest BCUT2D eigenvalue weighted by Gasteiger charge is 2.28. The molecule has 1 aromatic heterocycles. The molecule has 1 aliphatic rings. The van der Waals surface area contributed by atoms with Gasteiger partial charge in [0, 0.05) is 18.7 Å². The summed E-state index contributed by atoms with van der Waals surface area (Å²) in [5, 5.41) is 3.56. The molecule has 24 heavy (non-hydrogen) atoms. The number of carbonyl (C=O) groups excluding carboxylic acids is 2. The smallest absolute Gasteiger partial charge is 0.267 e. The van der Waals surface area contributed by atoms with Crippen molar-refractivity contribution in [1.29, 1.82) is 0 Å². The van der Waals surface area contributed by atoms with Crippen molar-refractivity contribution in [3.8, 4) is 0 Å². The van der Waals surface area contributed by atoms with Crippen molar-refractivity contribution in [1.82, 2.24) is 4.98 Å². The molecule has 0 spiro atoms. The monoisotopic (exact) mass is 343 g/mol. The lowest BCUT2D eigenvalue weighted by atomic mass is 10.1. The quantitative estimate of drug-likeness (QED) is 0.914. The maximum Gasteiger partial charge on any atom is 0.267 e. The number of nitrogens with zero attached hydrogens (tertiary/aromatic N) is 2. The van der Waals surface area contributed by atoms with Gasteiger partial charge in [-0.05, 0) is 31.4 Å². The summed E-state index contributed by atoms with van der Waals surface area (Å²) in [7, 11) is 0. The number of hydrogen-bond donors (Lipinski definition) is 1. The van der Waals surface area contributed by atoms with E-state index in [1.54, 1.807) is 4.90 Å². The Hall–Kier alpha value is -2.21. The molecule has 0 bridgehead atoms. The van der Waals surface area contributed by atoms with Gasteiger partial charge >= 0.3 is 0 Å². The van der Waals surface area contributed by atoms with Crippen LogP contribution in [-0.2, 0) is 4.79 Å². The van der Waals surface area contributed by atoms with E-state index in [0.717, 1.165) is 23.4 Å². The molecule has 3 rings (SSSR count). The Morgan fingerprint density at radius 3 is 2.58 bits per heavy atom. The van der Waals surface area contributed by atoms with Crippen molar-refractivity contribution in [2.24, 2.45) is 0 Å². The van der Waals surface area contributed by atoms with Crippen molar-refractivity contribution in [2.45, 2.75) is 39.5 Å². The molecule has 0 atom stereocenters. The van der Waals surface area contributed by atoms with E-state index in [2.05, 4.69) is 10.3 Å². The molecular formula is C18H21N3O2S. The van der Waals surface area contributed by atoms with Gasteiger partial charge in [0.15, 0.2) is 5.13 Å². The fourth-order valence-corrected chi connectivity index (χ4v) is 3.82. The minimum absolute atomic E-state index is 0.0875. The van der Waals surface area contributed by atoms with Gasteiger partial charge in [-0.3, -0.25) is 14.5 Å². The van der Waals surface area contributed by atoms with Crippen LogP contribution in [0.2, 0.25) is 0 Å². The Balaban J connectivity index is 1.88. The molecule has 1 fully saturated rings. The van der Waals surface area contributed by atoms with Gasteiger partial charge in [-0.2, -0.15) is 0 Å². The molecule has 2 amide bonds. The van der Waals surface area contributed by atoms with Gasteiger partial charge in [0.1, 0.15) is 4.88 Å². The van der Waals surface area contributed by atoms with Crippen molar-refractivity contribution in [3.63, 3.8) is 0 Å². The molecule has 0 unspecified atom stereocenters. The van der Waals surface area contributed by atoms with Crippen LogP contribution in [0.15, 0.2) is 24.3 Å². The van der Waals surface area contributed by atoms with Crippen LogP contribution in [0.1, 0.15) is 53.5 Å². The Morgan fingerprint density at radius 2 is 2.00 bits per heavy atom. The zero-order chi connectivity index (χ0) is 17.3. The zero-order valence-electron chi connectivity index (χ0n) is 14.1. The third kappa shape index (κ3) is 3.33. The van der Waals surface area contributed by atoms with Gasteiger partial charge in [-0.15, -0.1) is 0 Å². The number of nitrogens with one attached hydrogen (secondary N) is 1. The summed E-state index contributed by atoms with van der Waals surface area (Å²) in [6.45, 7) is 6.70. The zero-order valence-corrected chi connectivity index (χ0v) is 14.9. The first-order valence-corrected chi connectivity index (χ1v) is 8.96. The second-order valence-corrected chi connectivity index (χ2v) is 7.31. The Morgan fingerprint density at radius 1 is 1.29 bits per heavy atom. The molecule has 5 nitrogen and oxygen atoms in total. The van der Waals surface area contributed by atoms with E-state index in [-0.39, 0.29) is 17.7 Å². The number of aryl methyl sites for hydroxylation is 1. The lowest BCUT2D eigenvalue weighted by molar-refractivity contribution is -0.117. The van der Waals surface area contributed by atoms with Crippen molar-refractivity contribution in [3.05, 3.63) is 40.4 Å². The lowest BCUT2D eigenvalue weighted by Crippen LogP contribution is -2.23. The number of benzene rings is 1. The van der Waals surface area contributed by atoms with E-state index in [1.165, 1.54) is 11.3 Å². The molecule has 6 heteroatoms. The standard InChI is InChI=1S/C18H21N3O2S/c1-11(2)15-16(17(23)19-13-8-6-12(3)7-9-13)24-18(20-15)21-10-4-5-14(21)22/h6-9,11H,4-5,10H2,1-3H3,(H,19,23). The Kier molecular flexibility index (Phi) is 4.66. The number of aromatic nitrogens is 1. The van der Waals surface area contributed by atoms with Crippen LogP contribution in [0.5, 0.6) is 0 Å². The van der Waals surface area contributed by atoms with Crippen LogP contribution in [-0.4, -0.2) is 23.3 Å². The van der Waals surface area contributed by atoms with E-state index in [9.17, 15) is 9.59 Å². The molecule has 1 N–H and O–H groups in total. The van der Waals surface area contributed by atoms with Crippen LogP contribution in [0.3, 0.4) is 0 Å². The summed E-state index contributed by atoms with van der Waals surface area (Å²) in [6.07, 6.45) is 1.40. The van der Waals surface area contributed by atoms with E-state index >= 15 is 0 Å². The van der Waals surface area contributed by atoms with Crippen molar-refractivity contribution < 1.29 is 9.59 Å². The van der Waals surface area contributed by atoms with Gasteiger partial charge < -0.3 is 5.32 Å². The number of thiazole rings is 1. The molecule has 0 aliphatic carbocycles. The van der Waals surface area contributed by atoms with Crippen LogP contribution < -0.4 is 10.2 Å². The Bertz CT molecular complexity index is 765. The highest BCUT2D eigenvalue weighted by atomic mass is 32.1. The predicted molar refractivity (Wildman–Crippen MR) is 96.9 cm³/mol. The lowest BCUT2D eigenvalue weighted by Gasteiger charge is -2.10. The first-order valence-electron chi connectivity index (χ1n) is 8.15. The maximum absolute atomic E-state index is 12.7. The summed E-state index contributed by atoms with van der Waals surface area (Å²) in [6, 6.07) is 7.68. The van der Waals surface area contributed by atoms with E-state index < -0.39 is 0 Å². The minimum Gasteiger partial charge on any atom is -0.321 e. The first-order chi connectivity index (χ1) is 11.5. The summed E-state index contributed by atoms with van der Waals surface area (Å²) >= 11 is 1.30. The first kappa shape index (κ1) is 16.6. The average Bonchev–Trinajstić information content (AvgIpc) is 3.15. The van der Waals surface area contributed by atoms with Crippen LogP contribution in [0, 0.1) is 6.92 Å². The molecule has 1 aliphatic heterocycles. The predicted octanol–water partition coefficient (Wildman–Crippen LogP) is 3.95. The van der Waals surface area contributed by atoms with Crippen molar-refractivity contribution in [2.75, 3.05) is 16.8 Å². The molecular weight excluding hydrogens is 322 g/mol. The highest BCUT2D eigenvalue weighted by Crippen LogP contribution is 2.33. The molecule has 1 saturated heterocycles. The summed E-state index contributed by atoms with van der Waals surface area (Å²) in [5.41, 5.74) is 2.65. The van der Waals surface area contributed by atoms with Crippen LogP contribution in [0.4, 0.5) is 10.8 Å². The van der Waals surface area contributed by atoms with Crippen molar-refractivity contribution >= 4 is 34.0 Å². The number of carbonyl (C=O) groups is 2. The number of rotatable bonds is 4. The number of anilines is 2. The molecule has 0 saturated carbocycles. The summed E-state index contributed by atoms with van der Waals surface area (Å²) in [5.74, 6) is 0.0361. The molecule has 126 valence electrons. The van der Waals surface area contributed by atoms with E-state index in [4.69, 9.17) is 0 Å². The molecule has 2 aromatic rings. The Labute approximate surface area is 145 Å². The second kappa shape index (κ2) is 6.73. The fraction of sp³-hybridized carbons (Fsp3) is 0.389. The number of hydrogen-bond acceptors (Lipinski definition) is 4. The maximum atomic E-state index is 12.7. The molecule has 0 radical (unpaired) electrons. The van der Waals surface area contributed by atoms with E-state index in [0.29, 0.717) is 23.0 Å². The average molecular weight is 343 g/mol. The van der Waals surface area contributed by atoms with E-state index in [1.807, 2.05) is 45.0 Å². The van der Waals surface area contributed by atoms with Gasteiger partial charge in [-0.25, -0.2) is 4.98 Å². The largest absolute Gasteiger partial charge is 0.321 e. The summed E-state index contributed by atoms with van der Waals surface area (Å²) < 4.78 is 0. The third-order valence-electron chi connectivity index (χ3n) is 4.01. The minimum atomic E-state index is -0.169. The second-order valence-electron chi connectivity index (χ2n) is 6.33. The highest BCUT2D eigenvalue weighted by molar-refractivity contribution is 7.18. The van der Waals surface area contributed by atoms with Gasteiger partial charge in [0.2, 0.25) is 5.91 Å². The normalized spacial score (nSPS) is 14.5. The SMILES string of the molecule is Cc1ccc(NC(=O)c2sc(N3CCCC3=O)nc2C(C)C)cc1. The molecule has 2 heterocycles. The summed E-state index contributed by atoms with van der Waals surface area (Å²) in [4.78, 5) is 31.5. The van der Waals surface area contributed by atoms with Crippen LogP contribution >= 0.6 is 11.3 Å². The number of amides is 2. The van der Waals surface area contributed by atoms with Gasteiger partial charge in [0.05, 0.1) is 5.69 Å². The molecule has 1 aromatic carbocycles. The van der Waals surface area contributed by atoms with Gasteiger partial charge in [-0.1, -0.05) is 42.9 Å². The third-order valence-corrected chi connectivity index (χ3v) is 5.10. The topological polar surface area (TPSA) is 62.3 Å². The fourth-order valence-electron chi connectivity index (χ4n) is 2.66. The van der Waals surface area contributed by atoms with Crippen LogP contribution in [0.25, 0.3) is 0 Å².